The van der Waals surface area contributed by atoms with Crippen molar-refractivity contribution in [3.63, 3.8) is 0 Å². The van der Waals surface area contributed by atoms with Gasteiger partial charge in [0.25, 0.3) is 7.82 Å². The van der Waals surface area contributed by atoms with E-state index in [0.717, 1.165) is 44.9 Å². The number of hydrogen-bond acceptors (Lipinski definition) is 7. The van der Waals surface area contributed by atoms with Crippen LogP contribution in [0.25, 0.3) is 0 Å². The summed E-state index contributed by atoms with van der Waals surface area (Å²) in [6, 6.07) is 0. The highest BCUT2D eigenvalue weighted by atomic mass is 31.2. The Hall–Kier alpha value is -1.28. The molecule has 0 aromatic heterocycles. The summed E-state index contributed by atoms with van der Waals surface area (Å²) in [5.74, 6) is -0.402. The van der Waals surface area contributed by atoms with Gasteiger partial charge in [0.1, 0.15) is 25.9 Å². The SMILES string of the molecule is CCCCC/C=C\C/C=C\C/C=C\CCCCCCCCC(=O)OCC(O)COP(=O)([O-])OCC[N+](C)(C)C. The normalized spacial score (nSPS) is 14.9. The van der Waals surface area contributed by atoms with Gasteiger partial charge in [0.15, 0.2) is 0 Å². The maximum Gasteiger partial charge on any atom is 0.305 e. The molecule has 0 aliphatic carbocycles. The van der Waals surface area contributed by atoms with Crippen molar-refractivity contribution < 1.29 is 37.6 Å². The molecule has 0 radical (unpaired) electrons. The second-order valence-electron chi connectivity index (χ2n) is 11.0. The topological polar surface area (TPSA) is 105 Å². The Labute approximate surface area is 238 Å². The number of likely N-dealkylation sites (N-methyl/N-ethyl adjacent to an activating group) is 1. The van der Waals surface area contributed by atoms with Crippen LogP contribution in [0.5, 0.6) is 0 Å². The van der Waals surface area contributed by atoms with Gasteiger partial charge in [-0.2, -0.15) is 0 Å². The minimum absolute atomic E-state index is 0.0119. The smallest absolute Gasteiger partial charge is 0.305 e. The van der Waals surface area contributed by atoms with Crippen LogP contribution in [0.15, 0.2) is 36.5 Å². The molecule has 0 aromatic rings. The highest BCUT2D eigenvalue weighted by molar-refractivity contribution is 7.45. The summed E-state index contributed by atoms with van der Waals surface area (Å²) >= 11 is 0. The standard InChI is InChI=1S/C30H56NO7P/c1-5-6-7-8-9-10-11-12-13-14-15-16-17-18-19-20-21-22-23-24-30(33)36-27-29(32)28-38-39(34,35)37-26-25-31(2,3)4/h9-10,12-13,15-16,29,32H,5-8,11,14,17-28H2,1-4H3/b10-9-,13-12-,16-15-. The fourth-order valence-electron chi connectivity index (χ4n) is 3.48. The molecule has 1 N–H and O–H groups in total. The van der Waals surface area contributed by atoms with Crippen LogP contribution >= 0.6 is 7.82 Å². The molecule has 0 bridgehead atoms. The van der Waals surface area contributed by atoms with Crippen molar-refractivity contribution in [2.24, 2.45) is 0 Å². The first-order chi connectivity index (χ1) is 18.6. The lowest BCUT2D eigenvalue weighted by Crippen LogP contribution is -2.37. The van der Waals surface area contributed by atoms with E-state index in [1.54, 1.807) is 0 Å². The zero-order chi connectivity index (χ0) is 29.2. The number of allylic oxidation sites excluding steroid dienone is 6. The Morgan fingerprint density at radius 3 is 1.95 bits per heavy atom. The average molecular weight is 574 g/mol. The predicted octanol–water partition coefficient (Wildman–Crippen LogP) is 6.25. The highest BCUT2D eigenvalue weighted by Crippen LogP contribution is 2.38. The Kier molecular flexibility index (Phi) is 23.7. The van der Waals surface area contributed by atoms with E-state index >= 15 is 0 Å². The molecule has 0 fully saturated rings. The third kappa shape index (κ3) is 29.5. The number of nitrogens with zero attached hydrogens (tertiary/aromatic N) is 1. The molecule has 39 heavy (non-hydrogen) atoms. The third-order valence-electron chi connectivity index (χ3n) is 5.89. The summed E-state index contributed by atoms with van der Waals surface area (Å²) < 4.78 is 26.7. The highest BCUT2D eigenvalue weighted by Gasteiger charge is 2.16. The van der Waals surface area contributed by atoms with E-state index < -0.39 is 26.5 Å². The number of hydrogen-bond donors (Lipinski definition) is 1. The van der Waals surface area contributed by atoms with Crippen molar-refractivity contribution in [3.05, 3.63) is 36.5 Å². The van der Waals surface area contributed by atoms with Crippen molar-refractivity contribution in [1.82, 2.24) is 0 Å². The summed E-state index contributed by atoms with van der Waals surface area (Å²) in [4.78, 5) is 23.5. The van der Waals surface area contributed by atoms with Crippen LogP contribution in [0.3, 0.4) is 0 Å². The molecule has 0 saturated heterocycles. The van der Waals surface area contributed by atoms with E-state index in [0.29, 0.717) is 11.0 Å². The van der Waals surface area contributed by atoms with Gasteiger partial charge in [-0.3, -0.25) is 9.36 Å². The van der Waals surface area contributed by atoms with Gasteiger partial charge in [-0.05, 0) is 44.9 Å². The molecule has 0 spiro atoms. The lowest BCUT2D eigenvalue weighted by Gasteiger charge is -2.27. The van der Waals surface area contributed by atoms with Gasteiger partial charge in [0.05, 0.1) is 27.7 Å². The largest absolute Gasteiger partial charge is 0.756 e. The summed E-state index contributed by atoms with van der Waals surface area (Å²) in [5.41, 5.74) is 0. The lowest BCUT2D eigenvalue weighted by atomic mass is 10.1. The van der Waals surface area contributed by atoms with Crippen LogP contribution in [-0.4, -0.2) is 69.2 Å². The Morgan fingerprint density at radius 1 is 0.821 bits per heavy atom. The average Bonchev–Trinajstić information content (AvgIpc) is 2.86. The van der Waals surface area contributed by atoms with Crippen LogP contribution in [0.4, 0.5) is 0 Å². The molecule has 0 aliphatic heterocycles. The first kappa shape index (κ1) is 37.7. The minimum atomic E-state index is -4.50. The van der Waals surface area contributed by atoms with Gasteiger partial charge in [-0.25, -0.2) is 0 Å². The molecule has 8 nitrogen and oxygen atoms in total. The molecule has 0 saturated carbocycles. The first-order valence-electron chi connectivity index (χ1n) is 14.7. The molecule has 0 amide bonds. The molecular weight excluding hydrogens is 517 g/mol. The molecule has 0 aromatic carbocycles. The Morgan fingerprint density at radius 2 is 1.36 bits per heavy atom. The number of esters is 1. The lowest BCUT2D eigenvalue weighted by molar-refractivity contribution is -0.870. The Balaban J connectivity index is 3.60. The molecule has 0 rings (SSSR count). The molecule has 228 valence electrons. The van der Waals surface area contributed by atoms with E-state index in [1.807, 2.05) is 21.1 Å². The second kappa shape index (κ2) is 24.5. The number of aliphatic hydroxyl groups is 1. The van der Waals surface area contributed by atoms with Crippen molar-refractivity contribution in [1.29, 1.82) is 0 Å². The molecule has 0 aliphatic rings. The number of unbranched alkanes of at least 4 members (excludes halogenated alkanes) is 9. The number of carbonyl (C=O) groups is 1. The van der Waals surface area contributed by atoms with Crippen molar-refractivity contribution in [2.75, 3.05) is 47.5 Å². The van der Waals surface area contributed by atoms with Crippen molar-refractivity contribution in [3.8, 4) is 0 Å². The first-order valence-corrected chi connectivity index (χ1v) is 16.2. The summed E-state index contributed by atoms with van der Waals surface area (Å²) in [6.07, 6.45) is 27.0. The Bertz CT molecular complexity index is 731. The number of ether oxygens (including phenoxy) is 1. The van der Waals surface area contributed by atoms with E-state index in [2.05, 4.69) is 47.9 Å². The number of phosphoric ester groups is 1. The van der Waals surface area contributed by atoms with E-state index in [9.17, 15) is 19.4 Å². The molecule has 9 heteroatoms. The fraction of sp³-hybridized carbons (Fsp3) is 0.767. The maximum absolute atomic E-state index is 11.8. The third-order valence-corrected chi connectivity index (χ3v) is 6.86. The molecule has 2 unspecified atom stereocenters. The zero-order valence-corrected chi connectivity index (χ0v) is 26.0. The monoisotopic (exact) mass is 573 g/mol. The van der Waals surface area contributed by atoms with Gasteiger partial charge in [0, 0.05) is 6.42 Å². The quantitative estimate of drug-likeness (QED) is 0.0429. The van der Waals surface area contributed by atoms with Crippen LogP contribution in [-0.2, 0) is 23.1 Å². The van der Waals surface area contributed by atoms with Gasteiger partial charge in [-0.15, -0.1) is 0 Å². The molecule has 0 heterocycles. The zero-order valence-electron chi connectivity index (χ0n) is 25.1. The number of quaternary nitrogens is 1. The van der Waals surface area contributed by atoms with Crippen molar-refractivity contribution in [2.45, 2.75) is 103 Å². The predicted molar refractivity (Wildman–Crippen MR) is 157 cm³/mol. The maximum atomic E-state index is 11.8. The van der Waals surface area contributed by atoms with E-state index in [1.165, 1.54) is 38.5 Å². The van der Waals surface area contributed by atoms with Gasteiger partial charge < -0.3 is 28.3 Å². The van der Waals surface area contributed by atoms with E-state index in [4.69, 9.17) is 9.26 Å². The fourth-order valence-corrected chi connectivity index (χ4v) is 4.21. The van der Waals surface area contributed by atoms with Gasteiger partial charge in [0.2, 0.25) is 0 Å². The number of carbonyl (C=O) groups excluding carboxylic acids is 1. The van der Waals surface area contributed by atoms with Crippen LogP contribution < -0.4 is 4.89 Å². The van der Waals surface area contributed by atoms with Crippen LogP contribution in [0, 0.1) is 0 Å². The molecular formula is C30H56NO7P. The van der Waals surface area contributed by atoms with Crippen molar-refractivity contribution >= 4 is 13.8 Å². The molecule has 2 atom stereocenters. The summed E-state index contributed by atoms with van der Waals surface area (Å²) in [5, 5.41) is 9.82. The van der Waals surface area contributed by atoms with Crippen LogP contribution in [0.1, 0.15) is 96.8 Å². The minimum Gasteiger partial charge on any atom is -0.756 e. The van der Waals surface area contributed by atoms with Crippen LogP contribution in [0.2, 0.25) is 0 Å². The number of aliphatic hydroxyl groups excluding tert-OH is 1. The van der Waals surface area contributed by atoms with Gasteiger partial charge in [-0.1, -0.05) is 81.9 Å². The van der Waals surface area contributed by atoms with Gasteiger partial charge >= 0.3 is 5.97 Å². The van der Waals surface area contributed by atoms with E-state index in [-0.39, 0.29) is 19.6 Å². The summed E-state index contributed by atoms with van der Waals surface area (Å²) in [6.45, 7) is 1.89. The second-order valence-corrected chi connectivity index (χ2v) is 12.4. The summed E-state index contributed by atoms with van der Waals surface area (Å²) in [7, 11) is 1.23. The number of phosphoric acid groups is 1. The number of rotatable bonds is 26.